The van der Waals surface area contributed by atoms with Gasteiger partial charge >= 0.3 is 11.9 Å². The zero-order valence-electron chi connectivity index (χ0n) is 13.1. The van der Waals surface area contributed by atoms with Gasteiger partial charge in [-0.3, -0.25) is 4.79 Å². The topological polar surface area (TPSA) is 74.6 Å². The Morgan fingerprint density at radius 1 is 1.20 bits per heavy atom. The Morgan fingerprint density at radius 3 is 2.05 bits per heavy atom. The summed E-state index contributed by atoms with van der Waals surface area (Å²) in [6.07, 6.45) is 3.28. The second-order valence-electron chi connectivity index (χ2n) is 6.50. The van der Waals surface area contributed by atoms with Crippen LogP contribution in [-0.2, 0) is 9.59 Å². The normalized spacial score (nSPS) is 34.4. The zero-order chi connectivity index (χ0) is 15.7. The van der Waals surface area contributed by atoms with Crippen LogP contribution in [-0.4, -0.2) is 22.2 Å². The molecule has 0 aliphatic heterocycles. The third-order valence-corrected chi connectivity index (χ3v) is 5.18. The quantitative estimate of drug-likeness (QED) is 0.829. The van der Waals surface area contributed by atoms with Crippen LogP contribution in [0.2, 0.25) is 0 Å². The van der Waals surface area contributed by atoms with Crippen LogP contribution in [0.4, 0.5) is 0 Å². The maximum atomic E-state index is 11.4. The van der Waals surface area contributed by atoms with Gasteiger partial charge in [0, 0.05) is 5.57 Å². The summed E-state index contributed by atoms with van der Waals surface area (Å²) in [7, 11) is 0. The summed E-state index contributed by atoms with van der Waals surface area (Å²) in [6.45, 7) is 10.4. The largest absolute Gasteiger partial charge is 0.481 e. The Hall–Kier alpha value is -1.32. The number of hydrogen-bond acceptors (Lipinski definition) is 2. The fraction of sp³-hybridized carbons (Fsp3) is 0.750. The number of carboxylic acids is 2. The third kappa shape index (κ3) is 2.74. The van der Waals surface area contributed by atoms with E-state index in [9.17, 15) is 14.7 Å². The highest BCUT2D eigenvalue weighted by Crippen LogP contribution is 2.70. The molecule has 0 radical (unpaired) electrons. The van der Waals surface area contributed by atoms with E-state index in [1.54, 1.807) is 6.08 Å². The van der Waals surface area contributed by atoms with Gasteiger partial charge in [0.1, 0.15) is 0 Å². The molecule has 0 saturated heterocycles. The van der Waals surface area contributed by atoms with Gasteiger partial charge in [0.05, 0.1) is 5.92 Å². The third-order valence-electron chi connectivity index (χ3n) is 5.18. The summed E-state index contributed by atoms with van der Waals surface area (Å²) in [6, 6.07) is 0. The van der Waals surface area contributed by atoms with E-state index in [2.05, 4.69) is 20.8 Å². The number of allylic oxidation sites excluding steroid dienone is 1. The lowest BCUT2D eigenvalue weighted by molar-refractivity contribution is -0.146. The summed E-state index contributed by atoms with van der Waals surface area (Å²) in [5, 5.41) is 18.4. The molecule has 4 heteroatoms. The first-order valence-electron chi connectivity index (χ1n) is 7.34. The molecular formula is C16H26O4. The van der Waals surface area contributed by atoms with Gasteiger partial charge in [0.15, 0.2) is 0 Å². The van der Waals surface area contributed by atoms with Crippen LogP contribution in [0.15, 0.2) is 11.6 Å². The maximum Gasteiger partial charge on any atom is 0.331 e. The Bertz CT molecular complexity index is 436. The standard InChI is InChI=1S/C14H20O4.C2H6/c1-13(2)7-14(13,3)10-6-8(11(15)16)4-5-9(10)12(17)18;1-2/h4,9-10H,5-7H2,1-3H3,(H,15,16)(H,17,18);1-2H3. The van der Waals surface area contributed by atoms with E-state index >= 15 is 0 Å². The van der Waals surface area contributed by atoms with Crippen molar-refractivity contribution in [2.75, 3.05) is 0 Å². The lowest BCUT2D eigenvalue weighted by Gasteiger charge is -2.34. The van der Waals surface area contributed by atoms with E-state index in [-0.39, 0.29) is 16.7 Å². The lowest BCUT2D eigenvalue weighted by atomic mass is 9.69. The number of carboxylic acid groups (broad SMARTS) is 2. The zero-order valence-corrected chi connectivity index (χ0v) is 13.1. The number of carbonyl (C=O) groups is 2. The highest BCUT2D eigenvalue weighted by atomic mass is 16.4. The molecule has 2 rings (SSSR count). The molecule has 1 fully saturated rings. The predicted octanol–water partition coefficient (Wildman–Crippen LogP) is 3.57. The molecule has 2 aliphatic carbocycles. The van der Waals surface area contributed by atoms with Gasteiger partial charge in [-0.05, 0) is 36.0 Å². The number of aliphatic carboxylic acids is 2. The van der Waals surface area contributed by atoms with E-state index in [4.69, 9.17) is 5.11 Å². The van der Waals surface area contributed by atoms with Crippen molar-refractivity contribution in [3.63, 3.8) is 0 Å². The SMILES string of the molecule is CC.CC1(C)CC1(C)C1CC(C(=O)O)=CCC1C(=O)O. The Kier molecular flexibility index (Phi) is 4.67. The van der Waals surface area contributed by atoms with Gasteiger partial charge in [-0.25, -0.2) is 4.79 Å². The Labute approximate surface area is 120 Å². The summed E-state index contributed by atoms with van der Waals surface area (Å²) in [5.74, 6) is -2.23. The van der Waals surface area contributed by atoms with Crippen LogP contribution in [0.25, 0.3) is 0 Å². The fourth-order valence-corrected chi connectivity index (χ4v) is 3.52. The maximum absolute atomic E-state index is 11.4. The molecule has 0 heterocycles. The molecule has 0 aromatic heterocycles. The molecule has 0 amide bonds. The van der Waals surface area contributed by atoms with Gasteiger partial charge in [-0.2, -0.15) is 0 Å². The van der Waals surface area contributed by atoms with E-state index in [1.165, 1.54) is 0 Å². The molecule has 4 nitrogen and oxygen atoms in total. The van der Waals surface area contributed by atoms with Crippen LogP contribution in [0.1, 0.15) is 53.9 Å². The summed E-state index contributed by atoms with van der Waals surface area (Å²) < 4.78 is 0. The highest BCUT2D eigenvalue weighted by Gasteiger charge is 2.63. The number of hydrogen-bond donors (Lipinski definition) is 2. The van der Waals surface area contributed by atoms with Gasteiger partial charge < -0.3 is 10.2 Å². The number of rotatable bonds is 3. The molecule has 20 heavy (non-hydrogen) atoms. The lowest BCUT2D eigenvalue weighted by Crippen LogP contribution is -2.34. The predicted molar refractivity (Wildman–Crippen MR) is 77.4 cm³/mol. The first kappa shape index (κ1) is 16.7. The molecule has 0 aromatic rings. The van der Waals surface area contributed by atoms with E-state index in [0.29, 0.717) is 18.4 Å². The van der Waals surface area contributed by atoms with Crippen molar-refractivity contribution in [3.05, 3.63) is 11.6 Å². The van der Waals surface area contributed by atoms with Crippen molar-refractivity contribution >= 4 is 11.9 Å². The first-order valence-corrected chi connectivity index (χ1v) is 7.34. The molecule has 2 aliphatic rings. The minimum atomic E-state index is -0.911. The fourth-order valence-electron chi connectivity index (χ4n) is 3.52. The van der Waals surface area contributed by atoms with Crippen molar-refractivity contribution in [2.45, 2.75) is 53.9 Å². The van der Waals surface area contributed by atoms with E-state index in [1.807, 2.05) is 13.8 Å². The van der Waals surface area contributed by atoms with Crippen LogP contribution in [0.3, 0.4) is 0 Å². The summed E-state index contributed by atoms with van der Waals surface area (Å²) in [5.41, 5.74) is 0.443. The molecular weight excluding hydrogens is 256 g/mol. The summed E-state index contributed by atoms with van der Waals surface area (Å²) >= 11 is 0. The molecule has 3 atom stereocenters. The van der Waals surface area contributed by atoms with Crippen LogP contribution in [0, 0.1) is 22.7 Å². The molecule has 1 saturated carbocycles. The van der Waals surface area contributed by atoms with Gasteiger partial charge in [-0.1, -0.05) is 40.7 Å². The summed E-state index contributed by atoms with van der Waals surface area (Å²) in [4.78, 5) is 22.4. The molecule has 3 unspecified atom stereocenters. The highest BCUT2D eigenvalue weighted by molar-refractivity contribution is 5.87. The molecule has 0 spiro atoms. The molecule has 2 N–H and O–H groups in total. The van der Waals surface area contributed by atoms with Crippen LogP contribution in [0.5, 0.6) is 0 Å². The van der Waals surface area contributed by atoms with Gasteiger partial charge in [-0.15, -0.1) is 0 Å². The monoisotopic (exact) mass is 282 g/mol. The van der Waals surface area contributed by atoms with Crippen molar-refractivity contribution in [1.82, 2.24) is 0 Å². The Morgan fingerprint density at radius 2 is 1.70 bits per heavy atom. The van der Waals surface area contributed by atoms with Gasteiger partial charge in [0.25, 0.3) is 0 Å². The van der Waals surface area contributed by atoms with Crippen LogP contribution >= 0.6 is 0 Å². The smallest absolute Gasteiger partial charge is 0.331 e. The van der Waals surface area contributed by atoms with Gasteiger partial charge in [0.2, 0.25) is 0 Å². The van der Waals surface area contributed by atoms with E-state index < -0.39 is 17.9 Å². The molecule has 0 aromatic carbocycles. The minimum absolute atomic E-state index is 0.0506. The van der Waals surface area contributed by atoms with Crippen molar-refractivity contribution in [2.24, 2.45) is 22.7 Å². The van der Waals surface area contributed by atoms with E-state index in [0.717, 1.165) is 6.42 Å². The second-order valence-corrected chi connectivity index (χ2v) is 6.50. The van der Waals surface area contributed by atoms with Crippen molar-refractivity contribution in [3.8, 4) is 0 Å². The second kappa shape index (κ2) is 5.58. The Balaban J connectivity index is 0.000000956. The first-order chi connectivity index (χ1) is 9.19. The van der Waals surface area contributed by atoms with Crippen molar-refractivity contribution in [1.29, 1.82) is 0 Å². The molecule has 114 valence electrons. The molecule has 0 bridgehead atoms. The van der Waals surface area contributed by atoms with Crippen molar-refractivity contribution < 1.29 is 19.8 Å². The minimum Gasteiger partial charge on any atom is -0.481 e. The van der Waals surface area contributed by atoms with Crippen LogP contribution < -0.4 is 0 Å². The average molecular weight is 282 g/mol. The average Bonchev–Trinajstić information content (AvgIpc) is 2.91.